The number of carbonyl (C=O) groups excluding carboxylic acids is 1. The van der Waals surface area contributed by atoms with E-state index in [1.807, 2.05) is 0 Å². The van der Waals surface area contributed by atoms with E-state index in [1.54, 1.807) is 6.07 Å². The second-order valence-corrected chi connectivity index (χ2v) is 10.2. The molecule has 0 radical (unpaired) electrons. The van der Waals surface area contributed by atoms with Gasteiger partial charge in [0, 0.05) is 12.8 Å². The smallest absolute Gasteiger partial charge is 0.264 e. The monoisotopic (exact) mass is 542 g/mol. The van der Waals surface area contributed by atoms with Gasteiger partial charge in [0.2, 0.25) is 0 Å². The van der Waals surface area contributed by atoms with Gasteiger partial charge in [0.05, 0.1) is 39.3 Å². The Kier molecular flexibility index (Phi) is 7.18. The van der Waals surface area contributed by atoms with Gasteiger partial charge >= 0.3 is 0 Å². The minimum Gasteiger partial charge on any atom is -0.484 e. The van der Waals surface area contributed by atoms with Gasteiger partial charge in [-0.3, -0.25) is 9.10 Å². The van der Waals surface area contributed by atoms with E-state index in [1.165, 1.54) is 37.4 Å². The summed E-state index contributed by atoms with van der Waals surface area (Å²) in [6, 6.07) is 11.3. The van der Waals surface area contributed by atoms with Crippen LogP contribution in [0.5, 0.6) is 5.75 Å². The van der Waals surface area contributed by atoms with Gasteiger partial charge in [-0.1, -0.05) is 29.3 Å². The normalized spacial score (nSPS) is 15.3. The van der Waals surface area contributed by atoms with Gasteiger partial charge in [-0.15, -0.1) is 0 Å². The fourth-order valence-corrected chi connectivity index (χ4v) is 5.64. The topological polar surface area (TPSA) is 84.9 Å². The van der Waals surface area contributed by atoms with E-state index in [9.17, 15) is 22.0 Å². The van der Waals surface area contributed by atoms with Crippen molar-refractivity contribution in [3.05, 3.63) is 81.8 Å². The molecule has 0 aromatic heterocycles. The molecule has 1 N–H and O–H groups in total. The van der Waals surface area contributed by atoms with Gasteiger partial charge in [-0.2, -0.15) is 0 Å². The van der Waals surface area contributed by atoms with Gasteiger partial charge in [0.1, 0.15) is 11.9 Å². The predicted molar refractivity (Wildman–Crippen MR) is 128 cm³/mol. The number of methoxy groups -OCH3 is 1. The van der Waals surface area contributed by atoms with Crippen LogP contribution in [-0.4, -0.2) is 40.7 Å². The first-order chi connectivity index (χ1) is 16.6. The van der Waals surface area contributed by atoms with Crippen molar-refractivity contribution in [3.8, 4) is 5.75 Å². The van der Waals surface area contributed by atoms with Crippen LogP contribution < -0.4 is 14.4 Å². The number of carbonyl (C=O) groups is 1. The third-order valence-corrected chi connectivity index (χ3v) is 7.58. The molecule has 35 heavy (non-hydrogen) atoms. The van der Waals surface area contributed by atoms with Crippen molar-refractivity contribution in [3.63, 3.8) is 0 Å². The Morgan fingerprint density at radius 3 is 2.49 bits per heavy atom. The van der Waals surface area contributed by atoms with E-state index < -0.39 is 38.6 Å². The number of nitrogens with one attached hydrogen (secondary N) is 1. The average molecular weight is 543 g/mol. The number of hydrogen-bond donors (Lipinski definition) is 1. The fourth-order valence-electron chi connectivity index (χ4n) is 3.56. The quantitative estimate of drug-likeness (QED) is 0.467. The zero-order chi connectivity index (χ0) is 25.3. The lowest BCUT2D eigenvalue weighted by Gasteiger charge is -2.35. The van der Waals surface area contributed by atoms with Crippen LogP contribution in [0.3, 0.4) is 0 Å². The van der Waals surface area contributed by atoms with Gasteiger partial charge in [0.25, 0.3) is 15.9 Å². The number of nitrogens with zero attached hydrogens (tertiary/aromatic N) is 1. The molecule has 0 bridgehead atoms. The molecule has 3 aromatic rings. The third kappa shape index (κ3) is 5.06. The molecule has 3 aromatic carbocycles. The first-order valence-corrected chi connectivity index (χ1v) is 12.3. The highest BCUT2D eigenvalue weighted by Gasteiger charge is 2.35. The van der Waals surface area contributed by atoms with E-state index in [0.29, 0.717) is 6.07 Å². The van der Waals surface area contributed by atoms with Crippen LogP contribution in [0, 0.1) is 11.6 Å². The fraction of sp³-hybridized carbons (Fsp3) is 0.174. The lowest BCUT2D eigenvalue weighted by atomic mass is 10.1. The molecular formula is C23H18Cl2F2N2O5S. The maximum absolute atomic E-state index is 13.8. The summed E-state index contributed by atoms with van der Waals surface area (Å²) in [7, 11) is -2.90. The molecule has 0 saturated heterocycles. The third-order valence-electron chi connectivity index (χ3n) is 5.17. The number of rotatable bonds is 6. The van der Waals surface area contributed by atoms with Crippen LogP contribution in [0.25, 0.3) is 0 Å². The Labute approximate surface area is 210 Å². The number of anilines is 2. The SMILES string of the molecule is COCC1CN(S(=O)(=O)c2ccc(F)c(F)c2)c2cc(NC(=O)c3c(Cl)cccc3Cl)ccc2O1. The maximum Gasteiger partial charge on any atom is 0.264 e. The van der Waals surface area contributed by atoms with Crippen LogP contribution >= 0.6 is 23.2 Å². The Balaban J connectivity index is 1.74. The van der Waals surface area contributed by atoms with Crippen LogP contribution in [0.2, 0.25) is 10.0 Å². The Morgan fingerprint density at radius 1 is 1.11 bits per heavy atom. The van der Waals surface area contributed by atoms with Crippen LogP contribution in [0.15, 0.2) is 59.5 Å². The summed E-state index contributed by atoms with van der Waals surface area (Å²) < 4.78 is 66.1. The van der Waals surface area contributed by atoms with Crippen molar-refractivity contribution in [1.82, 2.24) is 0 Å². The molecule has 12 heteroatoms. The lowest BCUT2D eigenvalue weighted by molar-refractivity contribution is 0.0820. The molecule has 4 rings (SSSR count). The summed E-state index contributed by atoms with van der Waals surface area (Å²) >= 11 is 12.2. The molecule has 0 aliphatic carbocycles. The summed E-state index contributed by atoms with van der Waals surface area (Å²) in [5.41, 5.74) is 0.366. The summed E-state index contributed by atoms with van der Waals surface area (Å²) in [4.78, 5) is 12.3. The van der Waals surface area contributed by atoms with E-state index >= 15 is 0 Å². The van der Waals surface area contributed by atoms with Gasteiger partial charge in [0.15, 0.2) is 11.6 Å². The molecule has 1 aliphatic rings. The summed E-state index contributed by atoms with van der Waals surface area (Å²) in [6.07, 6.45) is -0.671. The molecule has 1 atom stereocenters. The lowest BCUT2D eigenvalue weighted by Crippen LogP contribution is -2.45. The molecular weight excluding hydrogens is 525 g/mol. The van der Waals surface area contributed by atoms with Gasteiger partial charge in [-0.25, -0.2) is 17.2 Å². The number of halogens is 4. The van der Waals surface area contributed by atoms with Crippen molar-refractivity contribution >= 4 is 50.5 Å². The van der Waals surface area contributed by atoms with E-state index in [0.717, 1.165) is 16.4 Å². The van der Waals surface area contributed by atoms with Crippen molar-refractivity contribution in [2.45, 2.75) is 11.0 Å². The average Bonchev–Trinajstić information content (AvgIpc) is 2.80. The van der Waals surface area contributed by atoms with E-state index in [2.05, 4.69) is 5.32 Å². The number of sulfonamides is 1. The van der Waals surface area contributed by atoms with Crippen molar-refractivity contribution in [2.24, 2.45) is 0 Å². The number of hydrogen-bond acceptors (Lipinski definition) is 5. The molecule has 1 unspecified atom stereocenters. The Morgan fingerprint density at radius 2 is 1.83 bits per heavy atom. The van der Waals surface area contributed by atoms with Crippen molar-refractivity contribution in [1.29, 1.82) is 0 Å². The van der Waals surface area contributed by atoms with Gasteiger partial charge < -0.3 is 14.8 Å². The zero-order valence-corrected chi connectivity index (χ0v) is 20.4. The number of ether oxygens (including phenoxy) is 2. The molecule has 7 nitrogen and oxygen atoms in total. The maximum atomic E-state index is 13.8. The molecule has 0 spiro atoms. The number of fused-ring (bicyclic) bond motifs is 1. The van der Waals surface area contributed by atoms with E-state index in [4.69, 9.17) is 32.7 Å². The Bertz CT molecular complexity index is 1380. The highest BCUT2D eigenvalue weighted by Crippen LogP contribution is 2.39. The standard InChI is InChI=1S/C23H18Cl2F2N2O5S/c1-33-12-14-11-29(35(31,32)15-6-7-18(26)19(27)10-15)20-9-13(5-8-21(20)34-14)28-23(30)22-16(24)3-2-4-17(22)25/h2-10,14H,11-12H2,1H3,(H,28,30). The number of benzene rings is 3. The predicted octanol–water partition coefficient (Wildman–Crippen LogP) is 5.13. The second kappa shape index (κ2) is 9.98. The van der Waals surface area contributed by atoms with Crippen molar-refractivity contribution < 1.29 is 31.5 Å². The number of amides is 1. The molecule has 1 heterocycles. The summed E-state index contributed by atoms with van der Waals surface area (Å²) in [6.45, 7) is -0.0946. The zero-order valence-electron chi connectivity index (χ0n) is 18.1. The largest absolute Gasteiger partial charge is 0.484 e. The Hall–Kier alpha value is -2.92. The highest BCUT2D eigenvalue weighted by atomic mass is 35.5. The van der Waals surface area contributed by atoms with Crippen LogP contribution in [-0.2, 0) is 14.8 Å². The first-order valence-electron chi connectivity index (χ1n) is 10.1. The van der Waals surface area contributed by atoms with Crippen LogP contribution in [0.1, 0.15) is 10.4 Å². The van der Waals surface area contributed by atoms with Gasteiger partial charge in [-0.05, 0) is 48.5 Å². The second-order valence-electron chi connectivity index (χ2n) is 7.54. The van der Waals surface area contributed by atoms with Crippen LogP contribution in [0.4, 0.5) is 20.2 Å². The van der Waals surface area contributed by atoms with E-state index in [-0.39, 0.29) is 45.9 Å². The summed E-state index contributed by atoms with van der Waals surface area (Å²) in [5.74, 6) is -2.89. The molecule has 184 valence electrons. The minimum atomic E-state index is -4.34. The minimum absolute atomic E-state index is 0.0521. The highest BCUT2D eigenvalue weighted by molar-refractivity contribution is 7.92. The van der Waals surface area contributed by atoms with Crippen molar-refractivity contribution in [2.75, 3.05) is 29.9 Å². The first kappa shape index (κ1) is 25.2. The molecule has 1 amide bonds. The molecule has 1 aliphatic heterocycles. The molecule has 0 saturated carbocycles. The molecule has 0 fully saturated rings. The summed E-state index contributed by atoms with van der Waals surface area (Å²) in [5, 5.41) is 2.92.